The summed E-state index contributed by atoms with van der Waals surface area (Å²) in [6.45, 7) is 0. The van der Waals surface area contributed by atoms with E-state index in [1.54, 1.807) is 6.07 Å². The fraction of sp³-hybridized carbons (Fsp3) is 0.0714. The van der Waals surface area contributed by atoms with Gasteiger partial charge in [0.1, 0.15) is 0 Å². The lowest BCUT2D eigenvalue weighted by Crippen LogP contribution is -2.11. The fourth-order valence-electron chi connectivity index (χ4n) is 1.75. The Labute approximate surface area is 120 Å². The van der Waals surface area contributed by atoms with E-state index in [9.17, 15) is 0 Å². The van der Waals surface area contributed by atoms with Crippen LogP contribution in [0.4, 0.5) is 17.1 Å². The van der Waals surface area contributed by atoms with Crippen LogP contribution in [0.5, 0.6) is 0 Å². The lowest BCUT2D eigenvalue weighted by atomic mass is 10.2. The van der Waals surface area contributed by atoms with Crippen molar-refractivity contribution < 1.29 is 0 Å². The summed E-state index contributed by atoms with van der Waals surface area (Å²) in [6.07, 6.45) is 0. The normalized spacial score (nSPS) is 9.83. The predicted octanol–water partition coefficient (Wildman–Crippen LogP) is 3.51. The molecule has 0 aliphatic carbocycles. The van der Waals surface area contributed by atoms with E-state index in [-0.39, 0.29) is 0 Å². The number of nitrogens with zero attached hydrogens (tertiary/aromatic N) is 2. The van der Waals surface area contributed by atoms with E-state index < -0.39 is 0 Å². The van der Waals surface area contributed by atoms with Crippen LogP contribution in [0.2, 0.25) is 0 Å². The molecule has 0 bridgehead atoms. The van der Waals surface area contributed by atoms with Crippen molar-refractivity contribution in [3.05, 3.63) is 51.6 Å². The molecular formula is C14H12IN3. The minimum atomic E-state index is 0.642. The third kappa shape index (κ3) is 2.57. The molecule has 2 N–H and O–H groups in total. The Bertz CT molecular complexity index is 617. The zero-order valence-corrected chi connectivity index (χ0v) is 12.0. The summed E-state index contributed by atoms with van der Waals surface area (Å²) < 4.78 is 1.10. The Morgan fingerprint density at radius 1 is 1.22 bits per heavy atom. The van der Waals surface area contributed by atoms with Crippen molar-refractivity contribution in [3.63, 3.8) is 0 Å². The van der Waals surface area contributed by atoms with Gasteiger partial charge >= 0.3 is 0 Å². The molecular weight excluding hydrogens is 337 g/mol. The first-order valence-electron chi connectivity index (χ1n) is 5.41. The van der Waals surface area contributed by atoms with Gasteiger partial charge in [0, 0.05) is 16.3 Å². The highest BCUT2D eigenvalue weighted by atomic mass is 127. The third-order valence-electron chi connectivity index (χ3n) is 2.71. The van der Waals surface area contributed by atoms with Crippen molar-refractivity contribution in [2.45, 2.75) is 0 Å². The second-order valence-electron chi connectivity index (χ2n) is 3.92. The minimum absolute atomic E-state index is 0.642. The molecule has 0 aromatic heterocycles. The number of nitrogen functional groups attached to an aromatic ring is 1. The van der Waals surface area contributed by atoms with E-state index in [1.165, 1.54) is 0 Å². The molecule has 0 aliphatic rings. The van der Waals surface area contributed by atoms with Gasteiger partial charge in [-0.05, 0) is 59.0 Å². The van der Waals surface area contributed by atoms with E-state index in [0.717, 1.165) is 20.6 Å². The van der Waals surface area contributed by atoms with Gasteiger partial charge in [0.05, 0.1) is 23.0 Å². The molecule has 0 amide bonds. The molecule has 18 heavy (non-hydrogen) atoms. The second kappa shape index (κ2) is 5.27. The molecule has 0 aliphatic heterocycles. The predicted molar refractivity (Wildman–Crippen MR) is 82.8 cm³/mol. The molecule has 4 heteroatoms. The lowest BCUT2D eigenvalue weighted by Gasteiger charge is -2.21. The van der Waals surface area contributed by atoms with Gasteiger partial charge in [-0.15, -0.1) is 0 Å². The molecule has 3 nitrogen and oxygen atoms in total. The van der Waals surface area contributed by atoms with E-state index in [2.05, 4.69) is 28.7 Å². The molecule has 0 unspecified atom stereocenters. The van der Waals surface area contributed by atoms with Crippen LogP contribution in [-0.4, -0.2) is 7.05 Å². The van der Waals surface area contributed by atoms with Gasteiger partial charge in [0.25, 0.3) is 0 Å². The van der Waals surface area contributed by atoms with Crippen molar-refractivity contribution in [1.29, 1.82) is 5.26 Å². The van der Waals surface area contributed by atoms with Crippen LogP contribution < -0.4 is 10.6 Å². The van der Waals surface area contributed by atoms with Crippen molar-refractivity contribution >= 4 is 39.7 Å². The number of anilines is 3. The Hall–Kier alpha value is -1.74. The molecule has 0 heterocycles. The van der Waals surface area contributed by atoms with Crippen LogP contribution in [0.3, 0.4) is 0 Å². The van der Waals surface area contributed by atoms with E-state index in [4.69, 9.17) is 11.0 Å². The van der Waals surface area contributed by atoms with Crippen LogP contribution in [0.1, 0.15) is 5.56 Å². The lowest BCUT2D eigenvalue weighted by molar-refractivity contribution is 1.21. The summed E-state index contributed by atoms with van der Waals surface area (Å²) >= 11 is 2.23. The number of halogens is 1. The standard InChI is InChI=1S/C14H12IN3/c1-18(12-4-2-3-10(7-12)9-16)14-6-5-11(15)8-13(14)17/h2-8H,17H2,1H3. The molecule has 90 valence electrons. The van der Waals surface area contributed by atoms with Crippen LogP contribution in [0.25, 0.3) is 0 Å². The van der Waals surface area contributed by atoms with Crippen molar-refractivity contribution in [1.82, 2.24) is 0 Å². The Balaban J connectivity index is 2.41. The summed E-state index contributed by atoms with van der Waals surface area (Å²) in [7, 11) is 1.94. The average molecular weight is 349 g/mol. The van der Waals surface area contributed by atoms with Gasteiger partial charge < -0.3 is 10.6 Å². The van der Waals surface area contributed by atoms with E-state index in [1.807, 2.05) is 48.3 Å². The van der Waals surface area contributed by atoms with E-state index in [0.29, 0.717) is 5.56 Å². The zero-order chi connectivity index (χ0) is 13.1. The highest BCUT2D eigenvalue weighted by Gasteiger charge is 2.08. The maximum absolute atomic E-state index is 8.91. The molecule has 0 fully saturated rings. The summed E-state index contributed by atoms with van der Waals surface area (Å²) in [5, 5.41) is 8.91. The maximum atomic E-state index is 8.91. The molecule has 0 saturated heterocycles. The Morgan fingerprint density at radius 3 is 2.67 bits per heavy atom. The monoisotopic (exact) mass is 349 g/mol. The van der Waals surface area contributed by atoms with Gasteiger partial charge in [-0.3, -0.25) is 0 Å². The summed E-state index contributed by atoms with van der Waals surface area (Å²) in [6, 6.07) is 15.5. The van der Waals surface area contributed by atoms with Gasteiger partial charge in [0.15, 0.2) is 0 Å². The number of nitrogens with two attached hydrogens (primary N) is 1. The van der Waals surface area contributed by atoms with E-state index >= 15 is 0 Å². The topological polar surface area (TPSA) is 53.0 Å². The van der Waals surface area contributed by atoms with Gasteiger partial charge in [-0.1, -0.05) is 6.07 Å². The average Bonchev–Trinajstić information content (AvgIpc) is 2.38. The molecule has 0 spiro atoms. The maximum Gasteiger partial charge on any atom is 0.0992 e. The molecule has 2 aromatic rings. The van der Waals surface area contributed by atoms with Crippen LogP contribution in [-0.2, 0) is 0 Å². The number of nitriles is 1. The van der Waals surface area contributed by atoms with Crippen molar-refractivity contribution in [3.8, 4) is 6.07 Å². The highest BCUT2D eigenvalue weighted by Crippen LogP contribution is 2.30. The highest BCUT2D eigenvalue weighted by molar-refractivity contribution is 14.1. The fourth-order valence-corrected chi connectivity index (χ4v) is 2.27. The van der Waals surface area contributed by atoms with Crippen molar-refractivity contribution in [2.75, 3.05) is 17.7 Å². The molecule has 2 rings (SSSR count). The number of hydrogen-bond acceptors (Lipinski definition) is 3. The largest absolute Gasteiger partial charge is 0.397 e. The zero-order valence-electron chi connectivity index (χ0n) is 9.89. The summed E-state index contributed by atoms with van der Waals surface area (Å²) in [5.41, 5.74) is 9.27. The molecule has 0 radical (unpaired) electrons. The quantitative estimate of drug-likeness (QED) is 0.667. The second-order valence-corrected chi connectivity index (χ2v) is 5.17. The smallest absolute Gasteiger partial charge is 0.0992 e. The first kappa shape index (κ1) is 12.7. The van der Waals surface area contributed by atoms with Gasteiger partial charge in [0.2, 0.25) is 0 Å². The first-order chi connectivity index (χ1) is 8.61. The van der Waals surface area contributed by atoms with Gasteiger partial charge in [-0.25, -0.2) is 0 Å². The Morgan fingerprint density at radius 2 is 2.00 bits per heavy atom. The molecule has 0 atom stereocenters. The minimum Gasteiger partial charge on any atom is -0.397 e. The number of hydrogen-bond donors (Lipinski definition) is 1. The third-order valence-corrected chi connectivity index (χ3v) is 3.38. The Kier molecular flexibility index (Phi) is 3.72. The van der Waals surface area contributed by atoms with Crippen LogP contribution >= 0.6 is 22.6 Å². The SMILES string of the molecule is CN(c1cccc(C#N)c1)c1ccc(I)cc1N. The van der Waals surface area contributed by atoms with Crippen molar-refractivity contribution in [2.24, 2.45) is 0 Å². The summed E-state index contributed by atoms with van der Waals surface area (Å²) in [5.74, 6) is 0. The molecule has 0 saturated carbocycles. The van der Waals surface area contributed by atoms with Gasteiger partial charge in [-0.2, -0.15) is 5.26 Å². The first-order valence-corrected chi connectivity index (χ1v) is 6.48. The summed E-state index contributed by atoms with van der Waals surface area (Å²) in [4.78, 5) is 1.98. The van der Waals surface area contributed by atoms with Crippen LogP contribution in [0, 0.1) is 14.9 Å². The number of benzene rings is 2. The number of rotatable bonds is 2. The van der Waals surface area contributed by atoms with Crippen LogP contribution in [0.15, 0.2) is 42.5 Å². The molecule has 2 aromatic carbocycles.